The number of carbonyl (C=O) groups is 2. The Bertz CT molecular complexity index is 543. The Morgan fingerprint density at radius 3 is 2.28 bits per heavy atom. The van der Waals surface area contributed by atoms with Gasteiger partial charge >= 0.3 is 5.97 Å². The van der Waals surface area contributed by atoms with Crippen molar-refractivity contribution in [3.63, 3.8) is 0 Å². The highest BCUT2D eigenvalue weighted by Gasteiger charge is 2.36. The predicted molar refractivity (Wildman–Crippen MR) is 97.3 cm³/mol. The lowest BCUT2D eigenvalue weighted by atomic mass is 9.92. The Morgan fingerprint density at radius 2 is 1.80 bits per heavy atom. The van der Waals surface area contributed by atoms with Crippen LogP contribution < -0.4 is 0 Å². The fraction of sp³-hybridized carbons (Fsp3) is 0.556. The summed E-state index contributed by atoms with van der Waals surface area (Å²) in [7, 11) is 1.41. The van der Waals surface area contributed by atoms with Crippen molar-refractivity contribution < 1.29 is 28.3 Å². The molecule has 1 aromatic rings. The van der Waals surface area contributed by atoms with E-state index in [9.17, 15) is 9.59 Å². The third-order valence-electron chi connectivity index (χ3n) is 3.34. The number of rotatable bonds is 10. The van der Waals surface area contributed by atoms with Crippen molar-refractivity contribution in [3.05, 3.63) is 29.8 Å². The molecule has 0 fully saturated rings. The first-order chi connectivity index (χ1) is 11.3. The van der Waals surface area contributed by atoms with Crippen LogP contribution in [0.4, 0.5) is 0 Å². The van der Waals surface area contributed by atoms with Crippen LogP contribution in [0.3, 0.4) is 0 Å². The summed E-state index contributed by atoms with van der Waals surface area (Å²) in [4.78, 5) is 29.9. The summed E-state index contributed by atoms with van der Waals surface area (Å²) in [5.41, 5.74) is -0.770. The minimum atomic E-state index is -1.23. The lowest BCUT2D eigenvalue weighted by Gasteiger charge is -2.27. The van der Waals surface area contributed by atoms with Crippen LogP contribution in [0.1, 0.15) is 51.9 Å². The maximum atomic E-state index is 12.7. The Labute approximate surface area is 154 Å². The van der Waals surface area contributed by atoms with Crippen molar-refractivity contribution in [2.24, 2.45) is 0 Å². The Balaban J connectivity index is 0.00000576. The molecule has 1 atom stereocenters. The zero-order chi connectivity index (χ0) is 18.2. The molecule has 0 aliphatic rings. The summed E-state index contributed by atoms with van der Waals surface area (Å²) in [5, 5.41) is 0. The molecule has 0 saturated heterocycles. The van der Waals surface area contributed by atoms with E-state index in [2.05, 4.69) is 4.89 Å². The lowest BCUT2D eigenvalue weighted by molar-refractivity contribution is -0.161. The monoisotopic (exact) mass is 372 g/mol. The molecule has 1 rings (SSSR count). The van der Waals surface area contributed by atoms with Gasteiger partial charge in [0.25, 0.3) is 0 Å². The number of hydrogen-bond donors (Lipinski definition) is 0. The van der Waals surface area contributed by atoms with Gasteiger partial charge in [0.05, 0.1) is 25.3 Å². The van der Waals surface area contributed by atoms with E-state index in [0.717, 1.165) is 16.9 Å². The van der Waals surface area contributed by atoms with Crippen LogP contribution in [0.2, 0.25) is 0 Å². The summed E-state index contributed by atoms with van der Waals surface area (Å²) in [6.07, 6.45) is 0.281. The highest BCUT2D eigenvalue weighted by molar-refractivity contribution is 7.94. The molecule has 0 spiro atoms. The Kier molecular flexibility index (Phi) is 10.6. The number of Topliss-reactive ketones (excluding diaryl/α,β-unsaturated/α-hetero) is 1. The molecule has 7 heteroatoms. The van der Waals surface area contributed by atoms with Gasteiger partial charge in [-0.2, -0.15) is 4.33 Å². The van der Waals surface area contributed by atoms with Crippen LogP contribution in [0.5, 0.6) is 0 Å². The zero-order valence-corrected chi connectivity index (χ0v) is 15.5. The third-order valence-corrected chi connectivity index (χ3v) is 4.01. The molecule has 25 heavy (non-hydrogen) atoms. The van der Waals surface area contributed by atoms with Gasteiger partial charge in [-0.05, 0) is 39.3 Å². The summed E-state index contributed by atoms with van der Waals surface area (Å²) in [6.45, 7) is 6.88. The number of esters is 1. The maximum Gasteiger partial charge on any atom is 0.333 e. The second kappa shape index (κ2) is 11.3. The average molecular weight is 372 g/mol. The molecule has 0 aromatic heterocycles. The minimum Gasteiger partial charge on any atom is -0.449 e. The van der Waals surface area contributed by atoms with Gasteiger partial charge in [-0.1, -0.05) is 26.5 Å². The van der Waals surface area contributed by atoms with Crippen molar-refractivity contribution in [1.29, 1.82) is 0 Å². The van der Waals surface area contributed by atoms with Crippen LogP contribution in [0.25, 0.3) is 0 Å². The number of ether oxygens (including phenoxy) is 2. The van der Waals surface area contributed by atoms with E-state index in [0.29, 0.717) is 12.0 Å². The van der Waals surface area contributed by atoms with Crippen LogP contribution in [-0.4, -0.2) is 37.2 Å². The van der Waals surface area contributed by atoms with Crippen molar-refractivity contribution in [2.45, 2.75) is 58.1 Å². The van der Waals surface area contributed by atoms with E-state index in [1.165, 1.54) is 7.11 Å². The average Bonchev–Trinajstić information content (AvgIpc) is 2.57. The fourth-order valence-corrected chi connectivity index (χ4v) is 2.23. The van der Waals surface area contributed by atoms with E-state index in [1.807, 2.05) is 13.8 Å². The molecule has 0 radical (unpaired) electrons. The minimum absolute atomic E-state index is 0. The molecule has 0 N–H and O–H groups in total. The molecular formula is C18H28O6S. The Morgan fingerprint density at radius 1 is 1.20 bits per heavy atom. The van der Waals surface area contributed by atoms with Gasteiger partial charge in [0.15, 0.2) is 5.60 Å². The smallest absolute Gasteiger partial charge is 0.333 e. The van der Waals surface area contributed by atoms with Crippen LogP contribution in [0.15, 0.2) is 29.2 Å². The lowest BCUT2D eigenvalue weighted by Crippen LogP contribution is -2.41. The number of hydrogen-bond acceptors (Lipinski definition) is 7. The van der Waals surface area contributed by atoms with Gasteiger partial charge in [-0.25, -0.2) is 9.68 Å². The molecule has 0 unspecified atom stereocenters. The van der Waals surface area contributed by atoms with E-state index in [-0.39, 0.29) is 25.9 Å². The Hall–Kier alpha value is -1.41. The molecular weight excluding hydrogens is 344 g/mol. The number of ketones is 1. The second-order valence-corrected chi connectivity index (χ2v) is 6.36. The SMILES string of the molecule is C.CC[C@](C)(OC(=O)COC(C)C)C(=O)c1ccc(SOOC)cc1. The van der Waals surface area contributed by atoms with Crippen molar-refractivity contribution in [1.82, 2.24) is 0 Å². The summed E-state index contributed by atoms with van der Waals surface area (Å²) < 4.78 is 15.4. The standard InChI is InChI=1S/C17H24O6S.CH4/c1-6-17(4,22-15(18)11-21-12(2)3)16(19)13-7-9-14(10-8-13)24-23-20-5;/h7-10,12H,6,11H2,1-5H3;1H4/t17-;/m0./s1. The fourth-order valence-electron chi connectivity index (χ4n) is 1.83. The topological polar surface area (TPSA) is 71.1 Å². The van der Waals surface area contributed by atoms with Crippen molar-refractivity contribution in [2.75, 3.05) is 13.7 Å². The third kappa shape index (κ3) is 7.56. The molecule has 142 valence electrons. The number of benzene rings is 1. The van der Waals surface area contributed by atoms with Gasteiger partial charge in [-0.3, -0.25) is 4.79 Å². The molecule has 0 amide bonds. The molecule has 6 nitrogen and oxygen atoms in total. The summed E-state index contributed by atoms with van der Waals surface area (Å²) >= 11 is 1.04. The van der Waals surface area contributed by atoms with E-state index >= 15 is 0 Å². The maximum absolute atomic E-state index is 12.7. The van der Waals surface area contributed by atoms with Gasteiger partial charge in [0, 0.05) is 10.5 Å². The van der Waals surface area contributed by atoms with E-state index < -0.39 is 11.6 Å². The molecule has 1 aromatic carbocycles. The van der Waals surface area contributed by atoms with Crippen LogP contribution in [-0.2, 0) is 23.5 Å². The van der Waals surface area contributed by atoms with Gasteiger partial charge < -0.3 is 9.47 Å². The van der Waals surface area contributed by atoms with Gasteiger partial charge in [-0.15, -0.1) is 0 Å². The normalized spacial score (nSPS) is 13.0. The molecule has 0 heterocycles. The van der Waals surface area contributed by atoms with Gasteiger partial charge in [0.1, 0.15) is 6.61 Å². The molecule has 0 bridgehead atoms. The van der Waals surface area contributed by atoms with Crippen LogP contribution >= 0.6 is 12.0 Å². The van der Waals surface area contributed by atoms with Crippen molar-refractivity contribution in [3.8, 4) is 0 Å². The second-order valence-electron chi connectivity index (χ2n) is 5.59. The predicted octanol–water partition coefficient (Wildman–Crippen LogP) is 4.23. The highest BCUT2D eigenvalue weighted by Crippen LogP contribution is 2.25. The first kappa shape index (κ1) is 23.6. The van der Waals surface area contributed by atoms with E-state index in [1.54, 1.807) is 38.1 Å². The van der Waals surface area contributed by atoms with Crippen LogP contribution in [0, 0.1) is 0 Å². The zero-order valence-electron chi connectivity index (χ0n) is 14.7. The summed E-state index contributed by atoms with van der Waals surface area (Å²) in [5.74, 6) is -0.811. The first-order valence-corrected chi connectivity index (χ1v) is 8.42. The highest BCUT2D eigenvalue weighted by atomic mass is 32.2. The summed E-state index contributed by atoms with van der Waals surface area (Å²) in [6, 6.07) is 6.79. The quantitative estimate of drug-likeness (QED) is 0.200. The van der Waals surface area contributed by atoms with E-state index in [4.69, 9.17) is 13.8 Å². The number of carbonyl (C=O) groups excluding carboxylic acids is 2. The van der Waals surface area contributed by atoms with Gasteiger partial charge in [0.2, 0.25) is 5.78 Å². The molecule has 0 saturated carbocycles. The van der Waals surface area contributed by atoms with Crippen molar-refractivity contribution >= 4 is 23.8 Å². The first-order valence-electron chi connectivity index (χ1n) is 7.68. The largest absolute Gasteiger partial charge is 0.449 e. The molecule has 0 aliphatic heterocycles. The molecule has 0 aliphatic carbocycles.